The maximum atomic E-state index is 12.7. The van der Waals surface area contributed by atoms with Gasteiger partial charge in [0.15, 0.2) is 0 Å². The Morgan fingerprint density at radius 2 is 1.78 bits per heavy atom. The van der Waals surface area contributed by atoms with E-state index in [-0.39, 0.29) is 5.65 Å². The van der Waals surface area contributed by atoms with Gasteiger partial charge < -0.3 is 9.72 Å². The number of hydrogen-bond acceptors (Lipinski definition) is 4. The number of nitrogens with zero attached hydrogens (tertiary/aromatic N) is 3. The van der Waals surface area contributed by atoms with E-state index >= 15 is 0 Å². The van der Waals surface area contributed by atoms with E-state index in [1.807, 2.05) is 0 Å². The van der Waals surface area contributed by atoms with Crippen molar-refractivity contribution in [2.75, 3.05) is 7.11 Å². The molecule has 2 heterocycles. The molecule has 0 radical (unpaired) electrons. The molecule has 0 fully saturated rings. The average molecular weight is 307 g/mol. The molecular weight excluding hydrogens is 295 g/mol. The molecule has 0 aliphatic heterocycles. The molecule has 1 N–H and O–H groups in total. The lowest BCUT2D eigenvalue weighted by atomic mass is 10.3. The number of ether oxygens (including phenoxy) is 1. The number of fused-ring (bicyclic) bond motifs is 3. The Labute approximate surface area is 129 Å². The summed E-state index contributed by atoms with van der Waals surface area (Å²) in [5, 5.41) is 4.17. The fourth-order valence-electron chi connectivity index (χ4n) is 2.58. The topological polar surface area (TPSA) is 81.4 Å². The number of methoxy groups -OCH3 is 1. The first kappa shape index (κ1) is 13.3. The van der Waals surface area contributed by atoms with E-state index in [0.29, 0.717) is 22.5 Å². The molecule has 2 aromatic carbocycles. The molecule has 7 heteroatoms. The summed E-state index contributed by atoms with van der Waals surface area (Å²) in [6.45, 7) is 0. The third-order valence-electron chi connectivity index (χ3n) is 3.69. The summed E-state index contributed by atoms with van der Waals surface area (Å²) < 4.78 is 7.63. The first-order valence-corrected chi connectivity index (χ1v) is 6.96. The van der Waals surface area contributed by atoms with Crippen LogP contribution < -0.4 is 16.0 Å². The first-order chi connectivity index (χ1) is 11.2. The van der Waals surface area contributed by atoms with Gasteiger partial charge in [-0.3, -0.25) is 4.79 Å². The van der Waals surface area contributed by atoms with E-state index < -0.39 is 11.2 Å². The van der Waals surface area contributed by atoms with Gasteiger partial charge in [0.2, 0.25) is 5.65 Å². The van der Waals surface area contributed by atoms with Crippen LogP contribution in [0, 0.1) is 0 Å². The number of benzene rings is 2. The average Bonchev–Trinajstić information content (AvgIpc) is 2.94. The van der Waals surface area contributed by atoms with Gasteiger partial charge in [-0.2, -0.15) is 4.68 Å². The van der Waals surface area contributed by atoms with Crippen LogP contribution >= 0.6 is 0 Å². The second-order valence-corrected chi connectivity index (χ2v) is 5.02. The van der Waals surface area contributed by atoms with Crippen molar-refractivity contribution in [3.05, 3.63) is 69.4 Å². The summed E-state index contributed by atoms with van der Waals surface area (Å²) in [7, 11) is 1.57. The number of rotatable bonds is 2. The first-order valence-electron chi connectivity index (χ1n) is 6.96. The molecule has 114 valence electrons. The van der Waals surface area contributed by atoms with Gasteiger partial charge in [0.05, 0.1) is 23.8 Å². The van der Waals surface area contributed by atoms with Gasteiger partial charge in [0, 0.05) is 0 Å². The molecule has 0 aliphatic rings. The van der Waals surface area contributed by atoms with Gasteiger partial charge >= 0.3 is 5.69 Å². The number of hydrogen-bond donors (Lipinski definition) is 1. The van der Waals surface area contributed by atoms with E-state index in [2.05, 4.69) is 10.1 Å². The zero-order valence-electron chi connectivity index (χ0n) is 12.2. The summed E-state index contributed by atoms with van der Waals surface area (Å²) in [6.07, 6.45) is 0. The third-order valence-corrected chi connectivity index (χ3v) is 3.69. The van der Waals surface area contributed by atoms with Gasteiger partial charge in [-0.05, 0) is 36.4 Å². The molecule has 23 heavy (non-hydrogen) atoms. The summed E-state index contributed by atoms with van der Waals surface area (Å²) in [5.41, 5.74) is 1.00. The lowest BCUT2D eigenvalue weighted by Crippen LogP contribution is -2.21. The molecule has 4 rings (SSSR count). The highest BCUT2D eigenvalue weighted by atomic mass is 16.4. The van der Waals surface area contributed by atoms with Gasteiger partial charge in [0.1, 0.15) is 5.75 Å². The Hall–Kier alpha value is -3.35. The van der Waals surface area contributed by atoms with Crippen LogP contribution in [0.25, 0.3) is 22.4 Å². The molecule has 0 saturated heterocycles. The molecule has 0 spiro atoms. The van der Waals surface area contributed by atoms with Crippen molar-refractivity contribution in [3.8, 4) is 11.4 Å². The standard InChI is InChI=1S/C16H12N4O3/c1-23-11-8-6-10(7-9-11)20-16(22)19-13-5-3-2-4-12(13)17-15(21)14(19)18-20/h2-9H,1H3,(H,17,21)/i1-1. The second-order valence-electron chi connectivity index (χ2n) is 5.02. The highest BCUT2D eigenvalue weighted by molar-refractivity contribution is 5.76. The van der Waals surface area contributed by atoms with Crippen molar-refractivity contribution in [2.45, 2.75) is 0 Å². The van der Waals surface area contributed by atoms with E-state index in [1.165, 1.54) is 9.08 Å². The van der Waals surface area contributed by atoms with Crippen molar-refractivity contribution in [1.82, 2.24) is 19.2 Å². The smallest absolute Gasteiger partial charge is 0.355 e. The monoisotopic (exact) mass is 307 g/mol. The predicted molar refractivity (Wildman–Crippen MR) is 85.5 cm³/mol. The summed E-state index contributed by atoms with van der Waals surface area (Å²) in [5.74, 6) is 0.675. The van der Waals surface area contributed by atoms with Gasteiger partial charge in [-0.15, -0.1) is 5.10 Å². The molecule has 2 aromatic heterocycles. The normalized spacial score (nSPS) is 11.2. The Balaban J connectivity index is 2.07. The second kappa shape index (κ2) is 4.84. The van der Waals surface area contributed by atoms with Gasteiger partial charge in [-0.25, -0.2) is 9.20 Å². The van der Waals surface area contributed by atoms with E-state index in [1.54, 1.807) is 55.6 Å². The molecule has 4 aromatic rings. The van der Waals surface area contributed by atoms with Gasteiger partial charge in [0.25, 0.3) is 5.56 Å². The molecule has 0 amide bonds. The molecule has 0 saturated carbocycles. The molecule has 0 unspecified atom stereocenters. The number of para-hydroxylation sites is 2. The van der Waals surface area contributed by atoms with Crippen LogP contribution in [0.4, 0.5) is 0 Å². The van der Waals surface area contributed by atoms with Crippen molar-refractivity contribution in [1.29, 1.82) is 0 Å². The fourth-order valence-corrected chi connectivity index (χ4v) is 2.58. The van der Waals surface area contributed by atoms with Crippen molar-refractivity contribution < 1.29 is 4.74 Å². The van der Waals surface area contributed by atoms with Crippen LogP contribution in [0.1, 0.15) is 0 Å². The number of nitrogens with one attached hydrogen (secondary N) is 1. The van der Waals surface area contributed by atoms with Crippen LogP contribution in [0.15, 0.2) is 58.1 Å². The highest BCUT2D eigenvalue weighted by Crippen LogP contribution is 2.14. The molecule has 0 bridgehead atoms. The van der Waals surface area contributed by atoms with Crippen molar-refractivity contribution >= 4 is 16.7 Å². The molecular formula is C16H12N4O3. The largest absolute Gasteiger partial charge is 0.497 e. The quantitative estimate of drug-likeness (QED) is 0.606. The molecule has 0 atom stereocenters. The number of aromatic nitrogens is 4. The zero-order chi connectivity index (χ0) is 16.0. The third kappa shape index (κ3) is 1.94. The van der Waals surface area contributed by atoms with Crippen molar-refractivity contribution in [2.24, 2.45) is 0 Å². The number of H-pyrrole nitrogens is 1. The SMILES string of the molecule is [11CH3]Oc1ccc(-n2nc3c(=O)[nH]c4ccccc4n3c2=O)cc1. The minimum Gasteiger partial charge on any atom is -0.497 e. The van der Waals surface area contributed by atoms with Crippen LogP contribution in [-0.4, -0.2) is 26.3 Å². The fraction of sp³-hybridized carbons (Fsp3) is 0.0625. The lowest BCUT2D eigenvalue weighted by molar-refractivity contribution is 0.414. The van der Waals surface area contributed by atoms with E-state index in [4.69, 9.17) is 4.74 Å². The number of aromatic amines is 1. The highest BCUT2D eigenvalue weighted by Gasteiger charge is 2.14. The Morgan fingerprint density at radius 3 is 2.52 bits per heavy atom. The van der Waals surface area contributed by atoms with Crippen LogP contribution in [0.5, 0.6) is 5.75 Å². The van der Waals surface area contributed by atoms with Crippen LogP contribution in [0.3, 0.4) is 0 Å². The molecule has 0 aliphatic carbocycles. The summed E-state index contributed by atoms with van der Waals surface area (Å²) in [6, 6.07) is 14.0. The van der Waals surface area contributed by atoms with Crippen molar-refractivity contribution in [3.63, 3.8) is 0 Å². The minimum atomic E-state index is -0.409. The Morgan fingerprint density at radius 1 is 1.04 bits per heavy atom. The maximum Gasteiger partial charge on any atom is 0.355 e. The van der Waals surface area contributed by atoms with Crippen LogP contribution in [0.2, 0.25) is 0 Å². The summed E-state index contributed by atoms with van der Waals surface area (Å²) in [4.78, 5) is 27.6. The molecule has 7 nitrogen and oxygen atoms in total. The van der Waals surface area contributed by atoms with E-state index in [0.717, 1.165) is 0 Å². The Kier molecular flexibility index (Phi) is 2.80. The zero-order valence-corrected chi connectivity index (χ0v) is 12.2. The predicted octanol–water partition coefficient (Wildman–Crippen LogP) is 1.34. The lowest BCUT2D eigenvalue weighted by Gasteiger charge is -2.01. The van der Waals surface area contributed by atoms with Crippen LogP contribution in [-0.2, 0) is 0 Å². The maximum absolute atomic E-state index is 12.7. The minimum absolute atomic E-state index is 0.0597. The van der Waals surface area contributed by atoms with E-state index in [9.17, 15) is 9.59 Å². The van der Waals surface area contributed by atoms with Gasteiger partial charge in [-0.1, -0.05) is 12.1 Å². The summed E-state index contributed by atoms with van der Waals surface area (Å²) >= 11 is 0. The Bertz CT molecular complexity index is 1140.